The predicted octanol–water partition coefficient (Wildman–Crippen LogP) is 1.39. The van der Waals surface area contributed by atoms with Crippen LogP contribution in [0.1, 0.15) is 11.1 Å². The van der Waals surface area contributed by atoms with Crippen LogP contribution in [0.3, 0.4) is 0 Å². The van der Waals surface area contributed by atoms with Gasteiger partial charge in [0.1, 0.15) is 17.6 Å². The zero-order chi connectivity index (χ0) is 12.3. The van der Waals surface area contributed by atoms with E-state index in [1.807, 2.05) is 12.1 Å². The van der Waals surface area contributed by atoms with E-state index in [4.69, 9.17) is 15.7 Å². The van der Waals surface area contributed by atoms with Gasteiger partial charge < -0.3 is 10.5 Å². The van der Waals surface area contributed by atoms with E-state index < -0.39 is 0 Å². The molecule has 0 aliphatic rings. The molecule has 0 unspecified atom stereocenters. The maximum absolute atomic E-state index is 8.87. The van der Waals surface area contributed by atoms with Crippen molar-refractivity contribution in [2.24, 2.45) is 0 Å². The lowest BCUT2D eigenvalue weighted by atomic mass is 10.1. The lowest BCUT2D eigenvalue weighted by Crippen LogP contribution is -2.02. The van der Waals surface area contributed by atoms with Crippen LogP contribution in [0.4, 0.5) is 5.82 Å². The molecule has 5 nitrogen and oxygen atoms in total. The fourth-order valence-electron chi connectivity index (χ4n) is 1.58. The topological polar surface area (TPSA) is 76.9 Å². The van der Waals surface area contributed by atoms with Crippen molar-refractivity contribution in [3.8, 4) is 11.8 Å². The van der Waals surface area contributed by atoms with E-state index in [9.17, 15) is 0 Å². The molecule has 0 amide bonds. The summed E-state index contributed by atoms with van der Waals surface area (Å²) >= 11 is 0. The number of aromatic nitrogens is 2. The first-order valence-electron chi connectivity index (χ1n) is 5.09. The minimum absolute atomic E-state index is 0.491. The lowest BCUT2D eigenvalue weighted by Gasteiger charge is -2.06. The zero-order valence-electron chi connectivity index (χ0n) is 9.42. The van der Waals surface area contributed by atoms with Crippen molar-refractivity contribution >= 4 is 5.82 Å². The van der Waals surface area contributed by atoms with Gasteiger partial charge in [0.15, 0.2) is 0 Å². The third-order valence-electron chi connectivity index (χ3n) is 2.39. The first kappa shape index (κ1) is 11.0. The van der Waals surface area contributed by atoms with Crippen molar-refractivity contribution in [3.05, 3.63) is 41.6 Å². The van der Waals surface area contributed by atoms with Gasteiger partial charge in [-0.1, -0.05) is 6.07 Å². The van der Waals surface area contributed by atoms with E-state index in [0.717, 1.165) is 5.56 Å². The third kappa shape index (κ3) is 2.37. The summed E-state index contributed by atoms with van der Waals surface area (Å²) in [6.07, 6.45) is 1.81. The van der Waals surface area contributed by atoms with E-state index in [1.165, 1.54) is 0 Å². The van der Waals surface area contributed by atoms with Gasteiger partial charge in [0.2, 0.25) is 0 Å². The van der Waals surface area contributed by atoms with Crippen LogP contribution in [0.2, 0.25) is 0 Å². The van der Waals surface area contributed by atoms with Crippen LogP contribution < -0.4 is 10.5 Å². The Morgan fingerprint density at radius 2 is 2.29 bits per heavy atom. The van der Waals surface area contributed by atoms with Crippen LogP contribution >= 0.6 is 0 Å². The summed E-state index contributed by atoms with van der Waals surface area (Å²) in [5.41, 5.74) is 7.06. The number of hydrogen-bond acceptors (Lipinski definition) is 4. The number of nitrogens with two attached hydrogens (primary N) is 1. The molecule has 86 valence electrons. The molecule has 1 aromatic carbocycles. The third-order valence-corrected chi connectivity index (χ3v) is 2.39. The maximum atomic E-state index is 8.87. The molecule has 17 heavy (non-hydrogen) atoms. The number of anilines is 1. The van der Waals surface area contributed by atoms with Gasteiger partial charge in [-0.05, 0) is 23.8 Å². The van der Waals surface area contributed by atoms with Gasteiger partial charge in [0.25, 0.3) is 0 Å². The number of rotatable bonds is 3. The Kier molecular flexibility index (Phi) is 2.97. The molecule has 0 saturated carbocycles. The Morgan fingerprint density at radius 3 is 2.88 bits per heavy atom. The van der Waals surface area contributed by atoms with E-state index in [1.54, 1.807) is 30.1 Å². The van der Waals surface area contributed by atoms with E-state index in [0.29, 0.717) is 23.7 Å². The van der Waals surface area contributed by atoms with Gasteiger partial charge in [-0.15, -0.1) is 0 Å². The molecule has 2 aromatic rings. The maximum Gasteiger partial charge on any atom is 0.145 e. The zero-order valence-corrected chi connectivity index (χ0v) is 9.42. The highest BCUT2D eigenvalue weighted by atomic mass is 16.5. The van der Waals surface area contributed by atoms with Crippen molar-refractivity contribution in [1.29, 1.82) is 5.26 Å². The second-order valence-corrected chi connectivity index (χ2v) is 3.58. The molecule has 0 radical (unpaired) electrons. The summed E-state index contributed by atoms with van der Waals surface area (Å²) < 4.78 is 6.88. The molecular weight excluding hydrogens is 216 g/mol. The largest absolute Gasteiger partial charge is 0.495 e. The first-order valence-corrected chi connectivity index (χ1v) is 5.09. The molecule has 2 N–H and O–H groups in total. The van der Waals surface area contributed by atoms with Gasteiger partial charge in [-0.2, -0.15) is 10.4 Å². The van der Waals surface area contributed by atoms with Crippen LogP contribution in [-0.4, -0.2) is 16.9 Å². The Bertz CT molecular complexity index is 568. The smallest absolute Gasteiger partial charge is 0.145 e. The van der Waals surface area contributed by atoms with Crippen molar-refractivity contribution < 1.29 is 4.74 Å². The van der Waals surface area contributed by atoms with Gasteiger partial charge in [0.05, 0.1) is 19.2 Å². The summed E-state index contributed by atoms with van der Waals surface area (Å²) in [5, 5.41) is 13.0. The molecule has 0 fully saturated rings. The standard InChI is InChI=1S/C12H12N4O/c1-17-11-6-9(2-3-10(11)7-13)8-16-5-4-12(14)15-16/h2-6H,8H2,1H3,(H2,14,15). The Labute approximate surface area is 99.0 Å². The Morgan fingerprint density at radius 1 is 1.47 bits per heavy atom. The lowest BCUT2D eigenvalue weighted by molar-refractivity contribution is 0.412. The van der Waals surface area contributed by atoms with Crippen molar-refractivity contribution in [1.82, 2.24) is 9.78 Å². The first-order chi connectivity index (χ1) is 8.22. The van der Waals surface area contributed by atoms with Crippen molar-refractivity contribution in [2.75, 3.05) is 12.8 Å². The summed E-state index contributed by atoms with van der Waals surface area (Å²) in [6.45, 7) is 0.596. The number of benzene rings is 1. The van der Waals surface area contributed by atoms with Crippen LogP contribution in [0.5, 0.6) is 5.75 Å². The monoisotopic (exact) mass is 228 g/mol. The molecular formula is C12H12N4O. The number of ether oxygens (including phenoxy) is 1. The highest BCUT2D eigenvalue weighted by Crippen LogP contribution is 2.19. The van der Waals surface area contributed by atoms with Gasteiger partial charge in [0, 0.05) is 6.20 Å². The fourth-order valence-corrected chi connectivity index (χ4v) is 1.58. The normalized spacial score (nSPS) is 9.88. The minimum Gasteiger partial charge on any atom is -0.495 e. The van der Waals surface area contributed by atoms with Crippen LogP contribution in [-0.2, 0) is 6.54 Å². The van der Waals surface area contributed by atoms with Crippen LogP contribution in [0.15, 0.2) is 30.5 Å². The molecule has 0 atom stereocenters. The SMILES string of the molecule is COc1cc(Cn2ccc(N)n2)ccc1C#N. The van der Waals surface area contributed by atoms with Crippen molar-refractivity contribution in [2.45, 2.75) is 6.54 Å². The summed E-state index contributed by atoms with van der Waals surface area (Å²) in [4.78, 5) is 0. The van der Waals surface area contributed by atoms with Crippen molar-refractivity contribution in [3.63, 3.8) is 0 Å². The molecule has 0 bridgehead atoms. The number of hydrogen-bond donors (Lipinski definition) is 1. The predicted molar refractivity (Wildman–Crippen MR) is 63.5 cm³/mol. The second kappa shape index (κ2) is 4.58. The molecule has 2 rings (SSSR count). The summed E-state index contributed by atoms with van der Waals surface area (Å²) in [6, 6.07) is 9.25. The Balaban J connectivity index is 2.25. The molecule has 0 aliphatic heterocycles. The molecule has 1 aromatic heterocycles. The van der Waals surface area contributed by atoms with Gasteiger partial charge in [-0.25, -0.2) is 0 Å². The van der Waals surface area contributed by atoms with E-state index in [2.05, 4.69) is 11.2 Å². The highest BCUT2D eigenvalue weighted by molar-refractivity contribution is 5.45. The van der Waals surface area contributed by atoms with E-state index >= 15 is 0 Å². The Hall–Kier alpha value is -2.48. The van der Waals surface area contributed by atoms with Gasteiger partial charge in [-0.3, -0.25) is 4.68 Å². The van der Waals surface area contributed by atoms with E-state index in [-0.39, 0.29) is 0 Å². The minimum atomic E-state index is 0.491. The number of nitrogens with zero attached hydrogens (tertiary/aromatic N) is 3. The summed E-state index contributed by atoms with van der Waals surface area (Å²) in [7, 11) is 1.55. The van der Waals surface area contributed by atoms with Crippen LogP contribution in [0, 0.1) is 11.3 Å². The molecule has 0 aliphatic carbocycles. The molecule has 1 heterocycles. The fraction of sp³-hybridized carbons (Fsp3) is 0.167. The highest BCUT2D eigenvalue weighted by Gasteiger charge is 2.04. The second-order valence-electron chi connectivity index (χ2n) is 3.58. The van der Waals surface area contributed by atoms with Gasteiger partial charge >= 0.3 is 0 Å². The average Bonchev–Trinajstić information content (AvgIpc) is 2.74. The summed E-state index contributed by atoms with van der Waals surface area (Å²) in [5.74, 6) is 1.07. The molecule has 0 spiro atoms. The average molecular weight is 228 g/mol. The number of nitriles is 1. The molecule has 0 saturated heterocycles. The number of methoxy groups -OCH3 is 1. The molecule has 5 heteroatoms. The van der Waals surface area contributed by atoms with Crippen LogP contribution in [0.25, 0.3) is 0 Å². The quantitative estimate of drug-likeness (QED) is 0.861. The number of nitrogen functional groups attached to an aromatic ring is 1.